The molecule has 1 saturated carbocycles. The standard InChI is InChI=1S/C14H21NO2/c1-14(2)6-5-11(8-14)17-13-7-10(9-15)3-4-12(13)16/h3-4,7,11,16H,5-6,8-9,15H2,1-2H3. The van der Waals surface area contributed by atoms with Crippen molar-refractivity contribution in [2.45, 2.75) is 45.8 Å². The Hall–Kier alpha value is -1.22. The molecule has 0 bridgehead atoms. The number of phenolic OH excluding ortho intramolecular Hbond substituents is 1. The fourth-order valence-corrected chi connectivity index (χ4v) is 2.43. The van der Waals surface area contributed by atoms with Crippen LogP contribution in [0.25, 0.3) is 0 Å². The maximum absolute atomic E-state index is 9.76. The Labute approximate surface area is 103 Å². The average Bonchev–Trinajstić information content (AvgIpc) is 2.61. The monoisotopic (exact) mass is 235 g/mol. The molecule has 3 nitrogen and oxygen atoms in total. The highest BCUT2D eigenvalue weighted by Gasteiger charge is 2.32. The van der Waals surface area contributed by atoms with Crippen LogP contribution in [0.1, 0.15) is 38.7 Å². The Morgan fingerprint density at radius 2 is 2.24 bits per heavy atom. The zero-order valence-electron chi connectivity index (χ0n) is 10.6. The van der Waals surface area contributed by atoms with Crippen LogP contribution in [0.2, 0.25) is 0 Å². The van der Waals surface area contributed by atoms with Crippen LogP contribution in [0.4, 0.5) is 0 Å². The number of ether oxygens (including phenoxy) is 1. The first kappa shape index (κ1) is 12.2. The SMILES string of the molecule is CC1(C)CCC(Oc2cc(CN)ccc2O)C1. The van der Waals surface area contributed by atoms with E-state index in [1.807, 2.05) is 12.1 Å². The van der Waals surface area contributed by atoms with Gasteiger partial charge >= 0.3 is 0 Å². The highest BCUT2D eigenvalue weighted by Crippen LogP contribution is 2.40. The molecule has 1 atom stereocenters. The highest BCUT2D eigenvalue weighted by atomic mass is 16.5. The summed E-state index contributed by atoms with van der Waals surface area (Å²) in [4.78, 5) is 0. The van der Waals surface area contributed by atoms with E-state index in [0.717, 1.165) is 18.4 Å². The molecule has 0 saturated heterocycles. The first-order chi connectivity index (χ1) is 8.00. The van der Waals surface area contributed by atoms with E-state index >= 15 is 0 Å². The molecule has 1 aliphatic rings. The molecule has 1 aromatic carbocycles. The Bertz CT molecular complexity index is 401. The predicted molar refractivity (Wildman–Crippen MR) is 68.0 cm³/mol. The fraction of sp³-hybridized carbons (Fsp3) is 0.571. The van der Waals surface area contributed by atoms with Crippen LogP contribution < -0.4 is 10.5 Å². The van der Waals surface area contributed by atoms with Crippen LogP contribution in [-0.2, 0) is 6.54 Å². The Morgan fingerprint density at radius 3 is 2.82 bits per heavy atom. The van der Waals surface area contributed by atoms with Crippen molar-refractivity contribution in [3.8, 4) is 11.5 Å². The van der Waals surface area contributed by atoms with Crippen LogP contribution in [0.3, 0.4) is 0 Å². The molecule has 17 heavy (non-hydrogen) atoms. The molecular weight excluding hydrogens is 214 g/mol. The maximum atomic E-state index is 9.76. The zero-order valence-corrected chi connectivity index (χ0v) is 10.6. The van der Waals surface area contributed by atoms with Gasteiger partial charge in [0.15, 0.2) is 11.5 Å². The van der Waals surface area contributed by atoms with Gasteiger partial charge in [0.25, 0.3) is 0 Å². The van der Waals surface area contributed by atoms with E-state index in [-0.39, 0.29) is 11.9 Å². The number of nitrogens with two attached hydrogens (primary N) is 1. The molecule has 0 heterocycles. The van der Waals surface area contributed by atoms with E-state index in [4.69, 9.17) is 10.5 Å². The second kappa shape index (κ2) is 4.57. The lowest BCUT2D eigenvalue weighted by atomic mass is 9.92. The molecule has 1 aromatic rings. The van der Waals surface area contributed by atoms with E-state index in [9.17, 15) is 5.11 Å². The predicted octanol–water partition coefficient (Wildman–Crippen LogP) is 2.81. The van der Waals surface area contributed by atoms with Crippen molar-refractivity contribution in [3.05, 3.63) is 23.8 Å². The Morgan fingerprint density at radius 1 is 1.47 bits per heavy atom. The second-order valence-corrected chi connectivity index (χ2v) is 5.65. The maximum Gasteiger partial charge on any atom is 0.161 e. The molecule has 0 aliphatic heterocycles. The molecule has 3 N–H and O–H groups in total. The lowest BCUT2D eigenvalue weighted by Gasteiger charge is -2.18. The van der Waals surface area contributed by atoms with Gasteiger partial charge in [-0.05, 0) is 42.4 Å². The average molecular weight is 235 g/mol. The summed E-state index contributed by atoms with van der Waals surface area (Å²) < 4.78 is 5.88. The number of rotatable bonds is 3. The van der Waals surface area contributed by atoms with Gasteiger partial charge in [0.05, 0.1) is 6.10 Å². The third kappa shape index (κ3) is 2.91. The van der Waals surface area contributed by atoms with Gasteiger partial charge in [0, 0.05) is 6.54 Å². The van der Waals surface area contributed by atoms with E-state index < -0.39 is 0 Å². The van der Waals surface area contributed by atoms with Crippen molar-refractivity contribution < 1.29 is 9.84 Å². The number of aromatic hydroxyl groups is 1. The van der Waals surface area contributed by atoms with Crippen molar-refractivity contribution in [1.29, 1.82) is 0 Å². The fourth-order valence-electron chi connectivity index (χ4n) is 2.43. The third-order valence-electron chi connectivity index (χ3n) is 3.48. The van der Waals surface area contributed by atoms with Crippen LogP contribution in [0, 0.1) is 5.41 Å². The number of hydrogen-bond acceptors (Lipinski definition) is 3. The van der Waals surface area contributed by atoms with Crippen molar-refractivity contribution in [1.82, 2.24) is 0 Å². The summed E-state index contributed by atoms with van der Waals surface area (Å²) in [5.74, 6) is 0.766. The molecule has 1 aliphatic carbocycles. The van der Waals surface area contributed by atoms with Crippen LogP contribution >= 0.6 is 0 Å². The summed E-state index contributed by atoms with van der Waals surface area (Å²) in [7, 11) is 0. The molecule has 0 aromatic heterocycles. The normalized spacial score (nSPS) is 22.6. The van der Waals surface area contributed by atoms with Crippen molar-refractivity contribution in [3.63, 3.8) is 0 Å². The van der Waals surface area contributed by atoms with Crippen LogP contribution in [-0.4, -0.2) is 11.2 Å². The van der Waals surface area contributed by atoms with E-state index in [0.29, 0.717) is 17.7 Å². The van der Waals surface area contributed by atoms with Gasteiger partial charge in [-0.3, -0.25) is 0 Å². The molecule has 1 unspecified atom stereocenters. The van der Waals surface area contributed by atoms with Gasteiger partial charge in [-0.25, -0.2) is 0 Å². The molecule has 2 rings (SSSR count). The van der Waals surface area contributed by atoms with Gasteiger partial charge < -0.3 is 15.6 Å². The molecule has 0 radical (unpaired) electrons. The van der Waals surface area contributed by atoms with Crippen molar-refractivity contribution >= 4 is 0 Å². The molecule has 0 spiro atoms. The summed E-state index contributed by atoms with van der Waals surface area (Å²) in [5.41, 5.74) is 6.92. The first-order valence-electron chi connectivity index (χ1n) is 6.19. The van der Waals surface area contributed by atoms with E-state index in [1.54, 1.807) is 6.07 Å². The second-order valence-electron chi connectivity index (χ2n) is 5.65. The van der Waals surface area contributed by atoms with Crippen LogP contribution in [0.15, 0.2) is 18.2 Å². The van der Waals surface area contributed by atoms with E-state index in [1.165, 1.54) is 6.42 Å². The first-order valence-corrected chi connectivity index (χ1v) is 6.19. The highest BCUT2D eigenvalue weighted by molar-refractivity contribution is 5.42. The van der Waals surface area contributed by atoms with Gasteiger partial charge in [0.1, 0.15) is 0 Å². The number of phenols is 1. The lowest BCUT2D eigenvalue weighted by molar-refractivity contribution is 0.186. The van der Waals surface area contributed by atoms with Gasteiger partial charge in [-0.15, -0.1) is 0 Å². The lowest BCUT2D eigenvalue weighted by Crippen LogP contribution is -2.15. The Balaban J connectivity index is 2.08. The minimum atomic E-state index is 0.201. The molecule has 94 valence electrons. The van der Waals surface area contributed by atoms with Gasteiger partial charge in [0.2, 0.25) is 0 Å². The summed E-state index contributed by atoms with van der Waals surface area (Å²) in [5, 5.41) is 9.76. The minimum Gasteiger partial charge on any atom is -0.504 e. The molecule has 0 amide bonds. The summed E-state index contributed by atoms with van der Waals surface area (Å²) in [6.45, 7) is 4.98. The van der Waals surface area contributed by atoms with Crippen LogP contribution in [0.5, 0.6) is 11.5 Å². The molecule has 1 fully saturated rings. The summed E-state index contributed by atoms with van der Waals surface area (Å²) >= 11 is 0. The van der Waals surface area contributed by atoms with E-state index in [2.05, 4.69) is 13.8 Å². The number of hydrogen-bond donors (Lipinski definition) is 2. The van der Waals surface area contributed by atoms with Gasteiger partial charge in [-0.2, -0.15) is 0 Å². The zero-order chi connectivity index (χ0) is 12.5. The summed E-state index contributed by atoms with van der Waals surface area (Å²) in [6.07, 6.45) is 3.48. The third-order valence-corrected chi connectivity index (χ3v) is 3.48. The smallest absolute Gasteiger partial charge is 0.161 e. The van der Waals surface area contributed by atoms with Gasteiger partial charge in [-0.1, -0.05) is 19.9 Å². The molecule has 3 heteroatoms. The topological polar surface area (TPSA) is 55.5 Å². The van der Waals surface area contributed by atoms with Crippen molar-refractivity contribution in [2.75, 3.05) is 0 Å². The minimum absolute atomic E-state index is 0.201. The summed E-state index contributed by atoms with van der Waals surface area (Å²) in [6, 6.07) is 5.30. The number of benzene rings is 1. The molecular formula is C14H21NO2. The largest absolute Gasteiger partial charge is 0.504 e. The van der Waals surface area contributed by atoms with Crippen molar-refractivity contribution in [2.24, 2.45) is 11.1 Å². The quantitative estimate of drug-likeness (QED) is 0.847. The Kier molecular flexibility index (Phi) is 3.29.